The van der Waals surface area contributed by atoms with E-state index in [1.54, 1.807) is 6.20 Å². The quantitative estimate of drug-likeness (QED) is 0.370. The molecule has 4 aromatic heterocycles. The normalized spacial score (nSPS) is 14.1. The van der Waals surface area contributed by atoms with Gasteiger partial charge in [0.1, 0.15) is 5.69 Å². The molecular weight excluding hydrogens is 494 g/mol. The first-order chi connectivity index (χ1) is 19.2. The van der Waals surface area contributed by atoms with Crippen molar-refractivity contribution < 1.29 is 4.74 Å². The maximum atomic E-state index is 12.0. The van der Waals surface area contributed by atoms with Crippen LogP contribution in [0.25, 0.3) is 45.6 Å². The van der Waals surface area contributed by atoms with Crippen LogP contribution in [0.1, 0.15) is 11.4 Å². The monoisotopic (exact) mass is 517 g/mol. The highest BCUT2D eigenvalue weighted by molar-refractivity contribution is 5.84. The molecule has 1 N–H and O–H groups in total. The topological polar surface area (TPSA) is 119 Å². The number of hydrogen-bond acceptors (Lipinski definition) is 8. The van der Waals surface area contributed by atoms with Gasteiger partial charge in [-0.3, -0.25) is 0 Å². The summed E-state index contributed by atoms with van der Waals surface area (Å²) in [6.45, 7) is 2.92. The summed E-state index contributed by atoms with van der Waals surface area (Å²) >= 11 is 0. The second-order valence-corrected chi connectivity index (χ2v) is 9.12. The summed E-state index contributed by atoms with van der Waals surface area (Å²) in [6.07, 6.45) is 5.74. The van der Waals surface area contributed by atoms with Crippen LogP contribution in [0, 0.1) is 0 Å². The van der Waals surface area contributed by atoms with E-state index in [0.717, 1.165) is 58.0 Å². The molecule has 192 valence electrons. The van der Waals surface area contributed by atoms with Gasteiger partial charge < -0.3 is 9.64 Å². The van der Waals surface area contributed by atoms with Crippen molar-refractivity contribution in [2.45, 2.75) is 0 Å². The highest BCUT2D eigenvalue weighted by Gasteiger charge is 2.20. The van der Waals surface area contributed by atoms with E-state index in [1.165, 1.54) is 4.68 Å². The Balaban J connectivity index is 1.35. The molecule has 0 amide bonds. The summed E-state index contributed by atoms with van der Waals surface area (Å²) in [7, 11) is 0. The third kappa shape index (κ3) is 4.24. The molecule has 0 unspecified atom stereocenters. The van der Waals surface area contributed by atoms with Gasteiger partial charge in [0.2, 0.25) is 0 Å². The fraction of sp³-hybridized carbons (Fsp3) is 0.143. The number of pyridine rings is 1. The maximum absolute atomic E-state index is 12.0. The maximum Gasteiger partial charge on any atom is 0.365 e. The minimum Gasteiger partial charge on any atom is -0.378 e. The Kier molecular flexibility index (Phi) is 5.67. The third-order valence-electron chi connectivity index (χ3n) is 6.77. The number of ether oxygens (including phenoxy) is 1. The Morgan fingerprint density at radius 3 is 2.56 bits per heavy atom. The lowest BCUT2D eigenvalue weighted by atomic mass is 10.1. The molecule has 0 aliphatic carbocycles. The molecule has 0 atom stereocenters. The summed E-state index contributed by atoms with van der Waals surface area (Å²) in [4.78, 5) is 24.1. The van der Waals surface area contributed by atoms with Crippen molar-refractivity contribution in [3.8, 4) is 16.9 Å². The molecule has 6 aromatic rings. The van der Waals surface area contributed by atoms with Crippen LogP contribution in [-0.4, -0.2) is 66.1 Å². The molecule has 11 heteroatoms. The molecular formula is C28H23N9O2. The Morgan fingerprint density at radius 1 is 0.897 bits per heavy atom. The Labute approximate surface area is 222 Å². The molecule has 11 nitrogen and oxygen atoms in total. The molecule has 7 rings (SSSR count). The lowest BCUT2D eigenvalue weighted by Crippen LogP contribution is -2.36. The van der Waals surface area contributed by atoms with Gasteiger partial charge in [0.05, 0.1) is 47.7 Å². The van der Waals surface area contributed by atoms with Crippen molar-refractivity contribution >= 4 is 34.4 Å². The first-order valence-electron chi connectivity index (χ1n) is 12.6. The van der Waals surface area contributed by atoms with Gasteiger partial charge in [0, 0.05) is 24.0 Å². The van der Waals surface area contributed by atoms with Crippen molar-refractivity contribution in [3.05, 3.63) is 94.8 Å². The van der Waals surface area contributed by atoms with Crippen LogP contribution >= 0.6 is 0 Å². The van der Waals surface area contributed by atoms with Crippen molar-refractivity contribution in [2.24, 2.45) is 0 Å². The molecule has 0 spiro atoms. The van der Waals surface area contributed by atoms with E-state index >= 15 is 0 Å². The van der Waals surface area contributed by atoms with E-state index in [4.69, 9.17) is 14.7 Å². The van der Waals surface area contributed by atoms with Gasteiger partial charge in [-0.25, -0.2) is 24.4 Å². The number of aromatic nitrogens is 8. The predicted molar refractivity (Wildman–Crippen MR) is 148 cm³/mol. The van der Waals surface area contributed by atoms with Gasteiger partial charge in [-0.15, -0.1) is 0 Å². The van der Waals surface area contributed by atoms with Crippen LogP contribution < -0.4 is 10.6 Å². The molecule has 0 saturated carbocycles. The number of fused-ring (bicyclic) bond motifs is 2. The number of nitrogens with one attached hydrogen (secondary N) is 1. The van der Waals surface area contributed by atoms with Crippen LogP contribution in [0.3, 0.4) is 0 Å². The highest BCUT2D eigenvalue weighted by Crippen LogP contribution is 2.31. The Morgan fingerprint density at radius 2 is 1.74 bits per heavy atom. The number of aromatic amines is 1. The van der Waals surface area contributed by atoms with Crippen LogP contribution in [0.2, 0.25) is 0 Å². The van der Waals surface area contributed by atoms with E-state index in [9.17, 15) is 4.79 Å². The van der Waals surface area contributed by atoms with E-state index in [0.29, 0.717) is 18.9 Å². The summed E-state index contributed by atoms with van der Waals surface area (Å²) < 4.78 is 8.64. The van der Waals surface area contributed by atoms with Crippen molar-refractivity contribution in [2.75, 3.05) is 31.2 Å². The third-order valence-corrected chi connectivity index (χ3v) is 6.77. The van der Waals surface area contributed by atoms with E-state index in [-0.39, 0.29) is 0 Å². The lowest BCUT2D eigenvalue weighted by molar-refractivity contribution is 0.123. The molecule has 2 aromatic carbocycles. The molecule has 0 bridgehead atoms. The van der Waals surface area contributed by atoms with E-state index in [2.05, 4.69) is 31.6 Å². The molecule has 5 heterocycles. The second kappa shape index (κ2) is 9.62. The standard InChI is InChI=1S/C28H23N9O2/c38-28-32-33-34-36(28)22-10-6-20(7-11-22)26-24(12-9-21-8-5-19-3-1-2-4-23(19)30-21)31-27-25(13-14-29-37(26)27)35-15-17-39-18-16-35/h1-14H,15-18H2,(H,32,34,38)/b12-9+. The number of imidazole rings is 1. The number of para-hydroxylation sites is 1. The van der Waals surface area contributed by atoms with Gasteiger partial charge in [-0.05, 0) is 52.9 Å². The number of benzene rings is 2. The minimum atomic E-state index is -0.402. The summed E-state index contributed by atoms with van der Waals surface area (Å²) in [5.74, 6) is 0. The zero-order chi connectivity index (χ0) is 26.2. The van der Waals surface area contributed by atoms with Gasteiger partial charge in [-0.1, -0.05) is 36.4 Å². The first kappa shape index (κ1) is 23.0. The fourth-order valence-electron chi connectivity index (χ4n) is 4.86. The van der Waals surface area contributed by atoms with Crippen molar-refractivity contribution in [1.82, 2.24) is 39.8 Å². The molecule has 39 heavy (non-hydrogen) atoms. The Hall–Kier alpha value is -5.16. The molecule has 1 aliphatic rings. The SMILES string of the molecule is O=c1[nH]nnn1-c1ccc(-c2c(/C=C/c3ccc4ccccc4n3)nc3c(N4CCOCC4)ccnn23)cc1. The molecule has 1 fully saturated rings. The largest absolute Gasteiger partial charge is 0.378 e. The Bertz CT molecular complexity index is 1880. The lowest BCUT2D eigenvalue weighted by Gasteiger charge is -2.28. The number of morpholine rings is 1. The first-order valence-corrected chi connectivity index (χ1v) is 12.6. The minimum absolute atomic E-state index is 0.402. The number of tetrazole rings is 1. The fourth-order valence-corrected chi connectivity index (χ4v) is 4.86. The smallest absolute Gasteiger partial charge is 0.365 e. The summed E-state index contributed by atoms with van der Waals surface area (Å²) in [5.41, 5.74) is 6.21. The average molecular weight is 518 g/mol. The zero-order valence-electron chi connectivity index (χ0n) is 20.8. The van der Waals surface area contributed by atoms with Gasteiger partial charge >= 0.3 is 5.69 Å². The number of nitrogens with zero attached hydrogens (tertiary/aromatic N) is 8. The van der Waals surface area contributed by atoms with Crippen LogP contribution in [0.15, 0.2) is 77.7 Å². The summed E-state index contributed by atoms with van der Waals surface area (Å²) in [6, 6.07) is 21.6. The van der Waals surface area contributed by atoms with Gasteiger partial charge in [0.15, 0.2) is 5.65 Å². The second-order valence-electron chi connectivity index (χ2n) is 9.12. The van der Waals surface area contributed by atoms with Gasteiger partial charge in [0.25, 0.3) is 0 Å². The van der Waals surface area contributed by atoms with Crippen LogP contribution in [0.5, 0.6) is 0 Å². The average Bonchev–Trinajstić information content (AvgIpc) is 3.59. The van der Waals surface area contributed by atoms with Crippen molar-refractivity contribution in [1.29, 1.82) is 0 Å². The van der Waals surface area contributed by atoms with E-state index in [1.807, 2.05) is 77.3 Å². The number of hydrogen-bond donors (Lipinski definition) is 1. The van der Waals surface area contributed by atoms with Gasteiger partial charge in [-0.2, -0.15) is 9.78 Å². The van der Waals surface area contributed by atoms with E-state index < -0.39 is 5.69 Å². The van der Waals surface area contributed by atoms with Crippen LogP contribution in [-0.2, 0) is 4.74 Å². The number of H-pyrrole nitrogens is 1. The predicted octanol–water partition coefficient (Wildman–Crippen LogP) is 3.22. The number of rotatable bonds is 5. The molecule has 0 radical (unpaired) electrons. The zero-order valence-corrected chi connectivity index (χ0v) is 20.8. The van der Waals surface area contributed by atoms with Crippen LogP contribution in [0.4, 0.5) is 5.69 Å². The van der Waals surface area contributed by atoms with Crippen molar-refractivity contribution in [3.63, 3.8) is 0 Å². The molecule has 1 aliphatic heterocycles. The molecule has 1 saturated heterocycles. The number of anilines is 1. The highest BCUT2D eigenvalue weighted by atomic mass is 16.5. The summed E-state index contributed by atoms with van der Waals surface area (Å²) in [5, 5.41) is 15.5.